The quantitative estimate of drug-likeness (QED) is 0.361. The van der Waals surface area contributed by atoms with Crippen molar-refractivity contribution < 1.29 is 28.6 Å². The Labute approximate surface area is 232 Å². The van der Waals surface area contributed by atoms with E-state index in [2.05, 4.69) is 15.6 Å². The number of anilines is 1. The summed E-state index contributed by atoms with van der Waals surface area (Å²) in [7, 11) is 3.49. The number of aliphatic carboxylic acids is 1. The molecule has 2 aromatic heterocycles. The van der Waals surface area contributed by atoms with Crippen LogP contribution in [-0.4, -0.2) is 87.6 Å². The number of carbonyl (C=O) groups excluding carboxylic acids is 1. The van der Waals surface area contributed by atoms with Gasteiger partial charge in [-0.2, -0.15) is 0 Å². The lowest BCUT2D eigenvalue weighted by Crippen LogP contribution is -2.43. The molecule has 0 bridgehead atoms. The number of aromatic nitrogens is 3. The summed E-state index contributed by atoms with van der Waals surface area (Å²) >= 11 is 0. The summed E-state index contributed by atoms with van der Waals surface area (Å²) in [6.45, 7) is 8.37. The van der Waals surface area contributed by atoms with Crippen LogP contribution in [0.3, 0.4) is 0 Å². The minimum absolute atomic E-state index is 0.125. The number of rotatable bonds is 9. The molecule has 3 aromatic rings. The summed E-state index contributed by atoms with van der Waals surface area (Å²) in [5.74, 6) is -1.04. The van der Waals surface area contributed by atoms with Gasteiger partial charge in [0.05, 0.1) is 35.7 Å². The van der Waals surface area contributed by atoms with Gasteiger partial charge in [-0.05, 0) is 58.5 Å². The van der Waals surface area contributed by atoms with Crippen molar-refractivity contribution in [3.05, 3.63) is 42.0 Å². The van der Waals surface area contributed by atoms with Gasteiger partial charge in [-0.25, -0.2) is 23.9 Å². The number of halogens is 1. The molecule has 216 valence electrons. The van der Waals surface area contributed by atoms with Gasteiger partial charge >= 0.3 is 12.1 Å². The number of pyridine rings is 1. The molecule has 1 unspecified atom stereocenters. The van der Waals surface area contributed by atoms with Gasteiger partial charge in [0.15, 0.2) is 0 Å². The molecule has 0 aliphatic carbocycles. The number of likely N-dealkylation sites (N-methyl/N-ethyl adjacent to an activating group) is 1. The molecule has 0 saturated carbocycles. The first-order valence-corrected chi connectivity index (χ1v) is 13.2. The highest BCUT2D eigenvalue weighted by molar-refractivity contribution is 5.91. The molecule has 1 aliphatic heterocycles. The van der Waals surface area contributed by atoms with E-state index < -0.39 is 29.5 Å². The number of aryl methyl sites for hydroxylation is 1. The molecule has 3 atom stereocenters. The second kappa shape index (κ2) is 11.8. The minimum atomic E-state index is -1.10. The second-order valence-corrected chi connectivity index (χ2v) is 11.1. The number of amides is 1. The van der Waals surface area contributed by atoms with Crippen LogP contribution in [-0.2, 0) is 20.8 Å². The molecule has 3 heterocycles. The average molecular weight is 557 g/mol. The van der Waals surface area contributed by atoms with Crippen LogP contribution in [0.25, 0.3) is 22.3 Å². The zero-order chi connectivity index (χ0) is 29.2. The Morgan fingerprint density at radius 3 is 2.65 bits per heavy atom. The molecular weight excluding hydrogens is 519 g/mol. The Morgan fingerprint density at radius 1 is 1.25 bits per heavy atom. The monoisotopic (exact) mass is 556 g/mol. The van der Waals surface area contributed by atoms with Crippen molar-refractivity contribution in [1.29, 1.82) is 0 Å². The highest BCUT2D eigenvalue weighted by Gasteiger charge is 2.41. The fourth-order valence-electron chi connectivity index (χ4n) is 4.96. The predicted octanol–water partition coefficient (Wildman–Crippen LogP) is 3.65. The minimum Gasteiger partial charge on any atom is -0.480 e. The van der Waals surface area contributed by atoms with E-state index in [0.717, 1.165) is 11.1 Å². The number of imidazole rings is 1. The van der Waals surface area contributed by atoms with Crippen LogP contribution in [0.4, 0.5) is 15.0 Å². The van der Waals surface area contributed by atoms with Gasteiger partial charge in [0.1, 0.15) is 23.3 Å². The molecule has 1 aromatic carbocycles. The maximum absolute atomic E-state index is 14.7. The first kappa shape index (κ1) is 29.2. The van der Waals surface area contributed by atoms with E-state index in [1.165, 1.54) is 17.0 Å². The van der Waals surface area contributed by atoms with Crippen LogP contribution in [0.2, 0.25) is 0 Å². The van der Waals surface area contributed by atoms with Crippen LogP contribution < -0.4 is 10.6 Å². The Bertz CT molecular complexity index is 1390. The number of hydrogen-bond acceptors (Lipinski definition) is 8. The molecule has 1 fully saturated rings. The third-order valence-electron chi connectivity index (χ3n) is 6.66. The summed E-state index contributed by atoms with van der Waals surface area (Å²) < 4.78 is 27.6. The third-order valence-corrected chi connectivity index (χ3v) is 6.66. The lowest BCUT2D eigenvalue weighted by atomic mass is 10.1. The number of methoxy groups -OCH3 is 1. The van der Waals surface area contributed by atoms with Gasteiger partial charge in [0, 0.05) is 44.3 Å². The smallest absolute Gasteiger partial charge is 0.411 e. The van der Waals surface area contributed by atoms with Crippen LogP contribution >= 0.6 is 0 Å². The molecule has 0 spiro atoms. The van der Waals surface area contributed by atoms with Gasteiger partial charge in [0.2, 0.25) is 0 Å². The molecule has 1 amide bonds. The standard InChI is InChI=1S/C28H37FN6O5/c1-16-7-21(20-9-17(29)10-22-25(20)34(15-31-22)14-19(39-6)12-30-5)33-24(8-16)32-18-11-23(26(36)37)35(13-18)27(38)40-28(2,3)4/h7-10,15,18-19,23,30H,11-14H2,1-6H3,(H,32,33)(H,36,37)/t18-,19?,23-/m0/s1. The molecule has 11 nitrogen and oxygen atoms in total. The van der Waals surface area contributed by atoms with E-state index in [0.29, 0.717) is 35.7 Å². The second-order valence-electron chi connectivity index (χ2n) is 11.1. The number of benzene rings is 1. The van der Waals surface area contributed by atoms with Crippen LogP contribution in [0.15, 0.2) is 30.6 Å². The highest BCUT2D eigenvalue weighted by Crippen LogP contribution is 2.31. The van der Waals surface area contributed by atoms with E-state index >= 15 is 0 Å². The predicted molar refractivity (Wildman–Crippen MR) is 149 cm³/mol. The van der Waals surface area contributed by atoms with Crippen LogP contribution in [0.5, 0.6) is 0 Å². The van der Waals surface area contributed by atoms with Crippen molar-refractivity contribution >= 4 is 28.9 Å². The number of nitrogens with one attached hydrogen (secondary N) is 2. The van der Waals surface area contributed by atoms with Crippen LogP contribution in [0, 0.1) is 12.7 Å². The van der Waals surface area contributed by atoms with Crippen molar-refractivity contribution in [3.63, 3.8) is 0 Å². The average Bonchev–Trinajstić information content (AvgIpc) is 3.46. The van der Waals surface area contributed by atoms with Crippen molar-refractivity contribution in [2.75, 3.05) is 32.6 Å². The molecule has 0 radical (unpaired) electrons. The first-order valence-electron chi connectivity index (χ1n) is 13.2. The Balaban J connectivity index is 1.65. The molecule has 4 rings (SSSR count). The van der Waals surface area contributed by atoms with Crippen molar-refractivity contribution in [2.24, 2.45) is 0 Å². The van der Waals surface area contributed by atoms with Crippen LogP contribution in [0.1, 0.15) is 32.8 Å². The topological polar surface area (TPSA) is 131 Å². The summed E-state index contributed by atoms with van der Waals surface area (Å²) in [5.41, 5.74) is 2.46. The summed E-state index contributed by atoms with van der Waals surface area (Å²) in [4.78, 5) is 35.0. The fraction of sp³-hybridized carbons (Fsp3) is 0.500. The van der Waals surface area contributed by atoms with Gasteiger partial charge < -0.3 is 29.8 Å². The summed E-state index contributed by atoms with van der Waals surface area (Å²) in [6, 6.07) is 5.11. The molecule has 1 saturated heterocycles. The zero-order valence-electron chi connectivity index (χ0n) is 23.7. The Hall–Kier alpha value is -3.77. The van der Waals surface area contributed by atoms with Gasteiger partial charge in [-0.3, -0.25) is 4.90 Å². The summed E-state index contributed by atoms with van der Waals surface area (Å²) in [5, 5.41) is 16.1. The maximum Gasteiger partial charge on any atom is 0.411 e. The van der Waals surface area contributed by atoms with Gasteiger partial charge in [-0.15, -0.1) is 0 Å². The van der Waals surface area contributed by atoms with Gasteiger partial charge in [0.25, 0.3) is 0 Å². The maximum atomic E-state index is 14.7. The zero-order valence-corrected chi connectivity index (χ0v) is 23.7. The van der Waals surface area contributed by atoms with Crippen molar-refractivity contribution in [2.45, 2.75) is 64.4 Å². The van der Waals surface area contributed by atoms with E-state index in [-0.39, 0.29) is 25.1 Å². The normalized spacial score (nSPS) is 18.2. The van der Waals surface area contributed by atoms with Crippen molar-refractivity contribution in [3.8, 4) is 11.3 Å². The first-order chi connectivity index (χ1) is 18.9. The molecule has 12 heteroatoms. The van der Waals surface area contributed by atoms with E-state index in [1.54, 1.807) is 34.2 Å². The SMILES string of the molecule is CNCC(Cn1cnc2cc(F)cc(-c3cc(C)cc(N[C@H]4C[C@@H](C(=O)O)N(C(=O)OC(C)(C)C)C4)n3)c21)OC. The summed E-state index contributed by atoms with van der Waals surface area (Å²) in [6.07, 6.45) is 1.05. The number of carboxylic acid groups (broad SMARTS) is 1. The Kier molecular flexibility index (Phi) is 8.59. The van der Waals surface area contributed by atoms with E-state index in [9.17, 15) is 19.1 Å². The van der Waals surface area contributed by atoms with Crippen molar-refractivity contribution in [1.82, 2.24) is 24.8 Å². The number of carboxylic acids is 1. The largest absolute Gasteiger partial charge is 0.480 e. The number of fused-ring (bicyclic) bond motifs is 1. The number of likely N-dealkylation sites (tertiary alicyclic amines) is 1. The number of nitrogens with zero attached hydrogens (tertiary/aromatic N) is 4. The molecule has 3 N–H and O–H groups in total. The Morgan fingerprint density at radius 2 is 2.00 bits per heavy atom. The lowest BCUT2D eigenvalue weighted by molar-refractivity contribution is -0.142. The van der Waals surface area contributed by atoms with E-state index in [4.69, 9.17) is 14.5 Å². The third kappa shape index (κ3) is 6.68. The number of hydrogen-bond donors (Lipinski definition) is 3. The number of ether oxygens (including phenoxy) is 2. The number of carbonyl (C=O) groups is 2. The van der Waals surface area contributed by atoms with E-state index in [1.807, 2.05) is 30.7 Å². The molecule has 40 heavy (non-hydrogen) atoms. The fourth-order valence-corrected chi connectivity index (χ4v) is 4.96. The van der Waals surface area contributed by atoms with Gasteiger partial charge in [-0.1, -0.05) is 0 Å². The highest BCUT2D eigenvalue weighted by atomic mass is 19.1. The molecule has 1 aliphatic rings. The lowest BCUT2D eigenvalue weighted by Gasteiger charge is -2.26. The molecular formula is C28H37FN6O5.